The van der Waals surface area contributed by atoms with Crippen LogP contribution in [-0.2, 0) is 39.8 Å². The Kier molecular flexibility index (Phi) is 19.9. The van der Waals surface area contributed by atoms with Gasteiger partial charge in [-0.2, -0.15) is 0 Å². The maximum Gasteiger partial charge on any atom is 0.348 e. The zero-order chi connectivity index (χ0) is 58.6. The molecule has 0 saturated carbocycles. The molecule has 9 fully saturated rings. The topological polar surface area (TPSA) is 199 Å². The summed E-state index contributed by atoms with van der Waals surface area (Å²) in [5.41, 5.74) is 1.85. The van der Waals surface area contributed by atoms with E-state index in [1.807, 2.05) is 109 Å². The van der Waals surface area contributed by atoms with Gasteiger partial charge in [0.15, 0.2) is 18.3 Å². The molecule has 18 rings (SSSR count). The van der Waals surface area contributed by atoms with Gasteiger partial charge in [0.1, 0.15) is 68.2 Å². The molecule has 88 heavy (non-hydrogen) atoms. The van der Waals surface area contributed by atoms with Crippen molar-refractivity contribution in [2.24, 2.45) is 17.8 Å². The third kappa shape index (κ3) is 11.8. The molecule has 12 aliphatic rings. The number of aliphatic hydroxyl groups is 5. The molecule has 11 heterocycles. The van der Waals surface area contributed by atoms with E-state index in [1.165, 1.54) is 0 Å². The standard InChI is InChI=1S/C23H26NO5.2C23H26NO4.3BrH/c25-14-13-24-11-9-16(10-12-24)21(15-24)29-22(26)23(27)17-5-1-3-7-19(17)28-20-8-4-2-6-18(20)23;25-14-13-24-11-9-16(10-12-24)21(15-24)28-23(26)22-17-5-1-3-7-19(17)27-20-8-4-2-6-18(20)22;25-14-13-24-11-9-16(10-12-24)21(15-24)28-22(26)23(27)19-7-3-1-5-17(19)18-6-2-4-8-20(18)23;;;/h1-8,16,21,25,27H,9-15H2;1-8,16,21-22,25H,9-15H2;1-8,16,21,25,27H,9-15H2;3*1H/q3*+1;;;/p-3/t3*16?,21-,24?;;;/m000.../s1. The Balaban J connectivity index is 0.000000143. The van der Waals surface area contributed by atoms with Crippen molar-refractivity contribution < 1.29 is 128 Å². The van der Waals surface area contributed by atoms with Crippen LogP contribution in [0.1, 0.15) is 77.8 Å². The maximum absolute atomic E-state index is 13.5. The number of quaternary nitrogens is 3. The molecule has 9 saturated heterocycles. The first kappa shape index (κ1) is 65.4. The number of carbonyl (C=O) groups is 3. The number of rotatable bonds is 12. The van der Waals surface area contributed by atoms with Crippen molar-refractivity contribution >= 4 is 17.9 Å². The summed E-state index contributed by atoms with van der Waals surface area (Å²) in [6.45, 7) is 11.1. The Hall–Kier alpha value is -5.55. The summed E-state index contributed by atoms with van der Waals surface area (Å²) < 4.78 is 32.6. The summed E-state index contributed by atoms with van der Waals surface area (Å²) >= 11 is 0. The van der Waals surface area contributed by atoms with E-state index >= 15 is 0 Å². The fraction of sp³-hybridized carbons (Fsp3) is 0.435. The number of carbonyl (C=O) groups excluding carboxylic acids is 3. The predicted octanol–water partition coefficient (Wildman–Crippen LogP) is -1.70. The van der Waals surface area contributed by atoms with Gasteiger partial charge in [0.05, 0.1) is 59.1 Å². The Labute approximate surface area is 545 Å². The maximum atomic E-state index is 13.5. The van der Waals surface area contributed by atoms with E-state index in [-0.39, 0.29) is 95.0 Å². The largest absolute Gasteiger partial charge is 1.00 e. The molecular formula is C69H78Br3N3O13. The number of benzene rings is 6. The molecule has 6 aromatic rings. The average molecular weight is 1400 g/mol. The lowest BCUT2D eigenvalue weighted by atomic mass is 9.81. The SMILES string of the molecule is O=C(O[C@H]1C[N+]2(CCO)CCC1CC2)C1(O)c2ccccc2-c2ccccc21.O=C(O[C@H]1C[N+]2(CCO)CCC1CC2)C1(O)c2ccccc2Oc2ccccc21.O=C(O[C@H]1C[N+]2(CCO)CCC1CC2)C1c2ccccc2Oc2ccccc21.[Br-].[Br-].[Br-]. The van der Waals surface area contributed by atoms with E-state index in [4.69, 9.17) is 23.7 Å². The van der Waals surface area contributed by atoms with Gasteiger partial charge < -0.3 is 114 Å². The van der Waals surface area contributed by atoms with E-state index in [9.17, 15) is 39.9 Å². The number of halogens is 3. The molecule has 6 bridgehead atoms. The lowest BCUT2D eigenvalue weighted by molar-refractivity contribution is -0.946. The van der Waals surface area contributed by atoms with Crippen molar-refractivity contribution in [3.05, 3.63) is 179 Å². The van der Waals surface area contributed by atoms with Crippen molar-refractivity contribution in [1.29, 1.82) is 0 Å². The molecule has 3 atom stereocenters. The molecule has 0 amide bonds. The van der Waals surface area contributed by atoms with Gasteiger partial charge in [-0.25, -0.2) is 9.59 Å². The Morgan fingerprint density at radius 2 is 0.705 bits per heavy atom. The van der Waals surface area contributed by atoms with Crippen LogP contribution >= 0.6 is 0 Å². The summed E-state index contributed by atoms with van der Waals surface area (Å²) in [6.07, 6.45) is 5.58. The van der Waals surface area contributed by atoms with Crippen molar-refractivity contribution in [1.82, 2.24) is 0 Å². The second-order valence-electron chi connectivity index (χ2n) is 25.3. The zero-order valence-electron chi connectivity index (χ0n) is 49.2. The second-order valence-corrected chi connectivity index (χ2v) is 25.3. The molecule has 468 valence electrons. The number of esters is 3. The minimum Gasteiger partial charge on any atom is -1.00 e. The summed E-state index contributed by atoms with van der Waals surface area (Å²) in [6, 6.07) is 44.6. The van der Waals surface area contributed by atoms with Crippen molar-refractivity contribution in [2.75, 3.05) is 98.4 Å². The highest BCUT2D eigenvalue weighted by molar-refractivity contribution is 5.96. The number of fused-ring (bicyclic) bond motifs is 16. The van der Waals surface area contributed by atoms with E-state index < -0.39 is 29.1 Å². The van der Waals surface area contributed by atoms with Crippen molar-refractivity contribution in [2.45, 2.75) is 74.0 Å². The first-order valence-electron chi connectivity index (χ1n) is 30.7. The molecule has 1 aliphatic carbocycles. The van der Waals surface area contributed by atoms with Gasteiger partial charge in [0.25, 0.3) is 0 Å². The van der Waals surface area contributed by atoms with Crippen LogP contribution in [0.5, 0.6) is 23.0 Å². The monoisotopic (exact) mass is 1390 g/mol. The molecule has 19 heteroatoms. The van der Waals surface area contributed by atoms with Crippen LogP contribution in [0.3, 0.4) is 0 Å². The van der Waals surface area contributed by atoms with E-state index in [0.717, 1.165) is 145 Å². The molecule has 0 spiro atoms. The van der Waals surface area contributed by atoms with Gasteiger partial charge in [-0.05, 0) is 35.4 Å². The summed E-state index contributed by atoms with van der Waals surface area (Å²) in [4.78, 5) is 40.2. The third-order valence-electron chi connectivity index (χ3n) is 20.8. The van der Waals surface area contributed by atoms with Crippen LogP contribution in [0.25, 0.3) is 11.1 Å². The van der Waals surface area contributed by atoms with Crippen LogP contribution in [0.4, 0.5) is 0 Å². The Morgan fingerprint density at radius 3 is 1.08 bits per heavy atom. The van der Waals surface area contributed by atoms with Crippen LogP contribution in [0.15, 0.2) is 146 Å². The van der Waals surface area contributed by atoms with Crippen LogP contribution in [0.2, 0.25) is 0 Å². The van der Waals surface area contributed by atoms with E-state index in [1.54, 1.807) is 36.4 Å². The number of ether oxygens (including phenoxy) is 5. The van der Waals surface area contributed by atoms with Gasteiger partial charge in [-0.15, -0.1) is 0 Å². The molecule has 5 N–H and O–H groups in total. The van der Waals surface area contributed by atoms with Gasteiger partial charge in [0.2, 0.25) is 11.2 Å². The number of nitrogens with zero attached hydrogens (tertiary/aromatic N) is 3. The summed E-state index contributed by atoms with van der Waals surface area (Å²) in [5.74, 6) is 1.59. The molecule has 11 aliphatic heterocycles. The summed E-state index contributed by atoms with van der Waals surface area (Å²) in [5, 5.41) is 51.8. The van der Waals surface area contributed by atoms with Gasteiger partial charge >= 0.3 is 17.9 Å². The lowest BCUT2D eigenvalue weighted by Crippen LogP contribution is -3.00. The highest BCUT2D eigenvalue weighted by Gasteiger charge is 2.56. The van der Waals surface area contributed by atoms with Crippen LogP contribution < -0.4 is 60.4 Å². The molecule has 0 aromatic heterocycles. The highest BCUT2D eigenvalue weighted by atomic mass is 79.9. The predicted molar refractivity (Wildman–Crippen MR) is 314 cm³/mol. The Bertz CT molecular complexity index is 3320. The second kappa shape index (κ2) is 26.7. The first-order valence-corrected chi connectivity index (χ1v) is 30.7. The molecule has 0 radical (unpaired) electrons. The smallest absolute Gasteiger partial charge is 0.348 e. The quantitative estimate of drug-likeness (QED) is 0.0529. The molecular weight excluding hydrogens is 1320 g/mol. The van der Waals surface area contributed by atoms with Gasteiger partial charge in [-0.1, -0.05) is 121 Å². The Morgan fingerprint density at radius 1 is 0.409 bits per heavy atom. The van der Waals surface area contributed by atoms with E-state index in [0.29, 0.717) is 71.1 Å². The average Bonchev–Trinajstić information content (AvgIpc) is 1.40. The number of hydrogen-bond donors (Lipinski definition) is 5. The molecule has 0 unspecified atom stereocenters. The van der Waals surface area contributed by atoms with E-state index in [2.05, 4.69) is 0 Å². The highest BCUT2D eigenvalue weighted by Crippen LogP contribution is 2.51. The lowest BCUT2D eigenvalue weighted by Gasteiger charge is -2.52. The normalized spacial score (nSPS) is 27.7. The summed E-state index contributed by atoms with van der Waals surface area (Å²) in [7, 11) is 0. The number of hydrogen-bond acceptors (Lipinski definition) is 13. The van der Waals surface area contributed by atoms with Gasteiger partial charge in [0, 0.05) is 89.7 Å². The minimum atomic E-state index is -1.90. The van der Waals surface area contributed by atoms with Crippen molar-refractivity contribution in [3.8, 4) is 34.1 Å². The third-order valence-corrected chi connectivity index (χ3v) is 20.8. The number of aliphatic hydroxyl groups excluding tert-OH is 3. The van der Waals surface area contributed by atoms with Crippen LogP contribution in [-0.4, -0.2) is 174 Å². The fourth-order valence-electron chi connectivity index (χ4n) is 16.1. The number of para-hydroxylation sites is 4. The van der Waals surface area contributed by atoms with Crippen LogP contribution in [0, 0.1) is 17.8 Å². The first-order chi connectivity index (χ1) is 41.3. The zero-order valence-corrected chi connectivity index (χ0v) is 54.0. The molecule has 6 aromatic carbocycles. The molecule has 16 nitrogen and oxygen atoms in total. The number of piperidine rings is 9. The minimum absolute atomic E-state index is 0. The van der Waals surface area contributed by atoms with Crippen molar-refractivity contribution in [3.63, 3.8) is 0 Å². The van der Waals surface area contributed by atoms with Gasteiger partial charge in [-0.3, -0.25) is 4.79 Å². The fourth-order valence-corrected chi connectivity index (χ4v) is 16.1.